The number of cyclic esters (lactones) is 1. The number of halogens is 1. The highest BCUT2D eigenvalue weighted by Gasteiger charge is 2.45. The van der Waals surface area contributed by atoms with Crippen LogP contribution < -0.4 is 0 Å². The summed E-state index contributed by atoms with van der Waals surface area (Å²) in [7, 11) is 0. The van der Waals surface area contributed by atoms with E-state index in [0.29, 0.717) is 5.57 Å². The molecule has 0 aromatic heterocycles. The van der Waals surface area contributed by atoms with Gasteiger partial charge in [-0.25, -0.2) is 4.79 Å². The molecule has 1 aromatic rings. The first-order valence-electron chi connectivity index (χ1n) is 5.27. The van der Waals surface area contributed by atoms with E-state index in [1.165, 1.54) is 0 Å². The summed E-state index contributed by atoms with van der Waals surface area (Å²) in [6.07, 6.45) is 0.723. The fraction of sp³-hybridized carbons (Fsp3) is 0.308. The second-order valence-electron chi connectivity index (χ2n) is 3.88. The summed E-state index contributed by atoms with van der Waals surface area (Å²) < 4.78 is 6.39. The maximum absolute atomic E-state index is 11.6. The van der Waals surface area contributed by atoms with Crippen molar-refractivity contribution in [3.63, 3.8) is 0 Å². The van der Waals surface area contributed by atoms with Crippen LogP contribution in [-0.4, -0.2) is 5.97 Å². The van der Waals surface area contributed by atoms with Gasteiger partial charge in [-0.3, -0.25) is 0 Å². The Morgan fingerprint density at radius 2 is 1.94 bits per heavy atom. The molecule has 3 heteroatoms. The fourth-order valence-electron chi connectivity index (χ4n) is 2.00. The maximum atomic E-state index is 11.6. The normalized spacial score (nSPS) is 24.8. The molecule has 1 aromatic carbocycles. The highest BCUT2D eigenvalue weighted by atomic mass is 79.9. The predicted octanol–water partition coefficient (Wildman–Crippen LogP) is 3.52. The Hall–Kier alpha value is -1.09. The third-order valence-electron chi connectivity index (χ3n) is 2.99. The van der Waals surface area contributed by atoms with Crippen molar-refractivity contribution >= 4 is 21.9 Å². The quantitative estimate of drug-likeness (QED) is 0.775. The third kappa shape index (κ3) is 1.50. The predicted molar refractivity (Wildman–Crippen MR) is 66.1 cm³/mol. The minimum absolute atomic E-state index is 0.238. The number of carbonyl (C=O) groups is 1. The Morgan fingerprint density at radius 3 is 2.38 bits per heavy atom. The first kappa shape index (κ1) is 11.4. The van der Waals surface area contributed by atoms with E-state index in [2.05, 4.69) is 15.9 Å². The van der Waals surface area contributed by atoms with Crippen molar-refractivity contribution in [1.82, 2.24) is 0 Å². The molecule has 84 valence electrons. The highest BCUT2D eigenvalue weighted by molar-refractivity contribution is 9.11. The van der Waals surface area contributed by atoms with Gasteiger partial charge >= 0.3 is 5.97 Å². The molecule has 0 bridgehead atoms. The standard InChI is InChI=1S/C13H13BrO2/c1-3-13(10-7-5-4-6-8-10)11(14)9(2)12(15)16-13/h4-8H,3H2,1-2H3. The Labute approximate surface area is 103 Å². The summed E-state index contributed by atoms with van der Waals surface area (Å²) in [5, 5.41) is 0. The Balaban J connectivity index is 2.56. The van der Waals surface area contributed by atoms with Gasteiger partial charge in [0.15, 0.2) is 5.60 Å². The van der Waals surface area contributed by atoms with Crippen molar-refractivity contribution in [1.29, 1.82) is 0 Å². The van der Waals surface area contributed by atoms with Crippen molar-refractivity contribution in [2.24, 2.45) is 0 Å². The molecule has 0 radical (unpaired) electrons. The van der Waals surface area contributed by atoms with E-state index in [1.54, 1.807) is 6.92 Å². The van der Waals surface area contributed by atoms with Crippen molar-refractivity contribution in [3.05, 3.63) is 46.0 Å². The number of ether oxygens (including phenoxy) is 1. The first-order chi connectivity index (χ1) is 7.62. The highest BCUT2D eigenvalue weighted by Crippen LogP contribution is 2.46. The van der Waals surface area contributed by atoms with E-state index in [4.69, 9.17) is 4.74 Å². The average molecular weight is 281 g/mol. The van der Waals surface area contributed by atoms with Crippen LogP contribution in [0.5, 0.6) is 0 Å². The number of carbonyl (C=O) groups excluding carboxylic acids is 1. The maximum Gasteiger partial charge on any atom is 0.335 e. The molecule has 0 aliphatic carbocycles. The van der Waals surface area contributed by atoms with Crippen LogP contribution in [0.25, 0.3) is 0 Å². The van der Waals surface area contributed by atoms with Crippen molar-refractivity contribution in [3.8, 4) is 0 Å². The summed E-state index contributed by atoms with van der Waals surface area (Å²) in [6.45, 7) is 3.80. The van der Waals surface area contributed by atoms with Gasteiger partial charge in [0.2, 0.25) is 0 Å². The minimum Gasteiger partial charge on any atom is -0.445 e. The van der Waals surface area contributed by atoms with Crippen molar-refractivity contribution < 1.29 is 9.53 Å². The average Bonchev–Trinajstić information content (AvgIpc) is 2.55. The van der Waals surface area contributed by atoms with Gasteiger partial charge in [0, 0.05) is 11.1 Å². The smallest absolute Gasteiger partial charge is 0.335 e. The van der Waals surface area contributed by atoms with E-state index >= 15 is 0 Å². The lowest BCUT2D eigenvalue weighted by Gasteiger charge is -2.28. The van der Waals surface area contributed by atoms with Crippen LogP contribution in [0.3, 0.4) is 0 Å². The van der Waals surface area contributed by atoms with Crippen molar-refractivity contribution in [2.45, 2.75) is 25.9 Å². The lowest BCUT2D eigenvalue weighted by Crippen LogP contribution is -2.26. The number of hydrogen-bond acceptors (Lipinski definition) is 2. The van der Waals surface area contributed by atoms with Gasteiger partial charge in [0.1, 0.15) is 0 Å². The van der Waals surface area contributed by atoms with Crippen LogP contribution in [0.2, 0.25) is 0 Å². The number of benzene rings is 1. The SMILES string of the molecule is CCC1(c2ccccc2)OC(=O)C(C)=C1Br. The molecule has 1 aliphatic rings. The first-order valence-corrected chi connectivity index (χ1v) is 6.07. The van der Waals surface area contributed by atoms with Gasteiger partial charge in [-0.1, -0.05) is 53.2 Å². The molecule has 0 amide bonds. The number of rotatable bonds is 2. The van der Waals surface area contributed by atoms with E-state index in [-0.39, 0.29) is 5.97 Å². The molecule has 0 saturated heterocycles. The second kappa shape index (κ2) is 4.06. The molecule has 2 nitrogen and oxygen atoms in total. The summed E-state index contributed by atoms with van der Waals surface area (Å²) in [6, 6.07) is 9.82. The topological polar surface area (TPSA) is 26.3 Å². The van der Waals surface area contributed by atoms with Crippen molar-refractivity contribution in [2.75, 3.05) is 0 Å². The Bertz CT molecular complexity index is 450. The van der Waals surface area contributed by atoms with Gasteiger partial charge in [-0.15, -0.1) is 0 Å². The van der Waals surface area contributed by atoms with E-state index in [0.717, 1.165) is 16.5 Å². The fourth-order valence-corrected chi connectivity index (χ4v) is 2.75. The zero-order valence-corrected chi connectivity index (χ0v) is 10.9. The molecule has 1 atom stereocenters. The number of esters is 1. The molecule has 1 unspecified atom stereocenters. The van der Waals surface area contributed by atoms with Gasteiger partial charge in [0.05, 0.1) is 4.48 Å². The minimum atomic E-state index is -0.623. The molecular weight excluding hydrogens is 268 g/mol. The molecule has 0 saturated carbocycles. The van der Waals surface area contributed by atoms with Gasteiger partial charge in [-0.2, -0.15) is 0 Å². The Kier molecular flexibility index (Phi) is 2.89. The van der Waals surface area contributed by atoms with Crippen LogP contribution in [0, 0.1) is 0 Å². The Morgan fingerprint density at radius 1 is 1.31 bits per heavy atom. The van der Waals surface area contributed by atoms with E-state index in [9.17, 15) is 4.79 Å². The summed E-state index contributed by atoms with van der Waals surface area (Å²) >= 11 is 3.50. The molecule has 0 fully saturated rings. The molecule has 1 aliphatic heterocycles. The third-order valence-corrected chi connectivity index (χ3v) is 4.23. The van der Waals surface area contributed by atoms with E-state index < -0.39 is 5.60 Å². The van der Waals surface area contributed by atoms with Crippen LogP contribution in [0.15, 0.2) is 40.4 Å². The number of hydrogen-bond donors (Lipinski definition) is 0. The van der Waals surface area contributed by atoms with E-state index in [1.807, 2.05) is 37.3 Å². The van der Waals surface area contributed by atoms with Crippen LogP contribution >= 0.6 is 15.9 Å². The summed E-state index contributed by atoms with van der Waals surface area (Å²) in [5.74, 6) is -0.238. The lowest BCUT2D eigenvalue weighted by atomic mass is 9.90. The molecule has 1 heterocycles. The monoisotopic (exact) mass is 280 g/mol. The van der Waals surface area contributed by atoms with Crippen LogP contribution in [-0.2, 0) is 15.1 Å². The summed E-state index contributed by atoms with van der Waals surface area (Å²) in [5.41, 5.74) is 1.04. The molecular formula is C13H13BrO2. The van der Waals surface area contributed by atoms with Gasteiger partial charge in [0.25, 0.3) is 0 Å². The summed E-state index contributed by atoms with van der Waals surface area (Å²) in [4.78, 5) is 11.6. The van der Waals surface area contributed by atoms with Crippen LogP contribution in [0.4, 0.5) is 0 Å². The van der Waals surface area contributed by atoms with Crippen LogP contribution in [0.1, 0.15) is 25.8 Å². The zero-order chi connectivity index (χ0) is 11.8. The lowest BCUT2D eigenvalue weighted by molar-refractivity contribution is -0.147. The van der Waals surface area contributed by atoms with Gasteiger partial charge in [-0.05, 0) is 13.3 Å². The zero-order valence-electron chi connectivity index (χ0n) is 9.29. The second-order valence-corrected chi connectivity index (χ2v) is 4.67. The molecule has 0 spiro atoms. The largest absolute Gasteiger partial charge is 0.445 e. The van der Waals surface area contributed by atoms with Gasteiger partial charge < -0.3 is 4.74 Å². The molecule has 2 rings (SSSR count). The molecule has 16 heavy (non-hydrogen) atoms. The molecule has 0 N–H and O–H groups in total.